The molecule has 0 aliphatic carbocycles. The zero-order chi connectivity index (χ0) is 16.6. The number of hydrogen-bond donors (Lipinski definition) is 0. The molecule has 5 heteroatoms. The van der Waals surface area contributed by atoms with E-state index in [9.17, 15) is 0 Å². The van der Waals surface area contributed by atoms with Crippen molar-refractivity contribution in [3.8, 4) is 0 Å². The number of para-hydroxylation sites is 1. The quantitative estimate of drug-likeness (QED) is 0.420. The molecule has 0 atom stereocenters. The summed E-state index contributed by atoms with van der Waals surface area (Å²) < 4.78 is 2.42. The lowest BCUT2D eigenvalue weighted by atomic mass is 9.93. The molecular weight excluding hydrogens is 333 g/mol. The Labute approximate surface area is 142 Å². The van der Waals surface area contributed by atoms with Crippen molar-refractivity contribution >= 4 is 42.9 Å². The lowest BCUT2D eigenvalue weighted by Gasteiger charge is -2.45. The molecule has 0 N–H and O–H groups in total. The Hall–Kier alpha value is 0.0338. The molecule has 0 radical (unpaired) electrons. The highest BCUT2D eigenvalue weighted by molar-refractivity contribution is 7.48. The van der Waals surface area contributed by atoms with E-state index in [1.807, 2.05) is 6.55 Å². The van der Waals surface area contributed by atoms with Gasteiger partial charge >= 0.3 is 6.86 Å². The first kappa shape index (κ1) is 19.1. The largest absolute Gasteiger partial charge is 0.401 e. The van der Waals surface area contributed by atoms with E-state index in [0.717, 1.165) is 0 Å². The van der Waals surface area contributed by atoms with Gasteiger partial charge < -0.3 is 4.23 Å². The molecule has 0 aliphatic rings. The van der Waals surface area contributed by atoms with Gasteiger partial charge in [-0.05, 0) is 29.5 Å². The highest BCUT2D eigenvalue weighted by atomic mass is 35.7. The van der Waals surface area contributed by atoms with Gasteiger partial charge in [0, 0.05) is 5.69 Å². The van der Waals surface area contributed by atoms with Gasteiger partial charge in [0.25, 0.3) is 0 Å². The van der Waals surface area contributed by atoms with Gasteiger partial charge in [-0.15, -0.1) is 22.2 Å². The lowest BCUT2D eigenvalue weighted by Crippen LogP contribution is -2.58. The Morgan fingerprint density at radius 3 is 1.48 bits per heavy atom. The van der Waals surface area contributed by atoms with Crippen LogP contribution in [-0.2, 0) is 0 Å². The topological polar surface area (TPSA) is 3.24 Å². The third-order valence-corrected chi connectivity index (χ3v) is 11.4. The molecule has 0 amide bonds. The predicted octanol–water partition coefficient (Wildman–Crippen LogP) is 6.62. The van der Waals surface area contributed by atoms with Crippen molar-refractivity contribution in [1.82, 2.24) is 0 Å². The molecule has 0 saturated heterocycles. The van der Waals surface area contributed by atoms with Gasteiger partial charge in [0.2, 0.25) is 0 Å². The molecule has 1 nitrogen and oxygen atoms in total. The summed E-state index contributed by atoms with van der Waals surface area (Å²) in [7, 11) is -1.69. The molecule has 0 aliphatic heterocycles. The number of anilines is 1. The van der Waals surface area contributed by atoms with Gasteiger partial charge in [0.1, 0.15) is 8.24 Å². The lowest BCUT2D eigenvalue weighted by molar-refractivity contribution is 0.834. The van der Waals surface area contributed by atoms with Crippen LogP contribution in [0, 0.1) is 0 Å². The molecule has 0 fully saturated rings. The van der Waals surface area contributed by atoms with Crippen LogP contribution in [0.15, 0.2) is 18.2 Å². The molecule has 0 saturated carbocycles. The van der Waals surface area contributed by atoms with Gasteiger partial charge in [-0.25, -0.2) is 0 Å². The third-order valence-electron chi connectivity index (χ3n) is 3.63. The Kier molecular flexibility index (Phi) is 6.04. The summed E-state index contributed by atoms with van der Waals surface area (Å²) in [6, 6.07) is 6.62. The van der Waals surface area contributed by atoms with Gasteiger partial charge in [-0.1, -0.05) is 65.5 Å². The highest BCUT2D eigenvalue weighted by Gasteiger charge is 2.41. The Morgan fingerprint density at radius 2 is 1.24 bits per heavy atom. The first-order valence-electron chi connectivity index (χ1n) is 7.68. The molecule has 1 aromatic carbocycles. The normalized spacial score (nSPS) is 13.1. The fourth-order valence-electron chi connectivity index (χ4n) is 2.89. The maximum atomic E-state index is 6.74. The van der Waals surface area contributed by atoms with Crippen molar-refractivity contribution in [2.75, 3.05) is 4.23 Å². The number of nitrogens with zero attached hydrogens (tertiary/aromatic N) is 1. The van der Waals surface area contributed by atoms with Crippen LogP contribution in [0.3, 0.4) is 0 Å². The van der Waals surface area contributed by atoms with Crippen molar-refractivity contribution in [2.24, 2.45) is 0 Å². The molecule has 1 aromatic rings. The summed E-state index contributed by atoms with van der Waals surface area (Å²) in [6.45, 7) is 15.5. The second-order valence-electron chi connectivity index (χ2n) is 7.44. The third kappa shape index (κ3) is 4.50. The summed E-state index contributed by atoms with van der Waals surface area (Å²) in [4.78, 5) is 0. The van der Waals surface area contributed by atoms with Crippen LogP contribution >= 0.6 is 22.2 Å². The first-order chi connectivity index (χ1) is 9.37. The molecule has 0 bridgehead atoms. The Balaban J connectivity index is 3.71. The van der Waals surface area contributed by atoms with Crippen LogP contribution < -0.4 is 4.23 Å². The highest BCUT2D eigenvalue weighted by Crippen LogP contribution is 2.42. The second kappa shape index (κ2) is 6.65. The van der Waals surface area contributed by atoms with E-state index >= 15 is 0 Å². The monoisotopic (exact) mass is 361 g/mol. The number of hydrogen-bond acceptors (Lipinski definition) is 1. The maximum Gasteiger partial charge on any atom is 0.341 e. The maximum absolute atomic E-state index is 6.74. The fraction of sp³-hybridized carbons (Fsp3) is 0.625. The van der Waals surface area contributed by atoms with Crippen LogP contribution in [0.5, 0.6) is 0 Å². The minimum atomic E-state index is -2.48. The van der Waals surface area contributed by atoms with E-state index in [1.54, 1.807) is 0 Å². The van der Waals surface area contributed by atoms with Crippen molar-refractivity contribution in [1.29, 1.82) is 0 Å². The Bertz CT molecular complexity index is 448. The van der Waals surface area contributed by atoms with E-state index in [-0.39, 0.29) is 0 Å². The number of benzene rings is 1. The second-order valence-corrected chi connectivity index (χ2v) is 19.8. The minimum Gasteiger partial charge on any atom is -0.401 e. The zero-order valence-electron chi connectivity index (χ0n) is 14.6. The summed E-state index contributed by atoms with van der Waals surface area (Å²) >= 11 is 13.5. The van der Waals surface area contributed by atoms with Gasteiger partial charge in [0.05, 0.1) is 0 Å². The van der Waals surface area contributed by atoms with Crippen molar-refractivity contribution in [2.45, 2.75) is 65.7 Å². The average molecular weight is 362 g/mol. The van der Waals surface area contributed by atoms with E-state index in [4.69, 9.17) is 22.2 Å². The standard InChI is InChI=1S/C16H29Cl2NSi2/c1-12(2)14-10-9-11-15(13(3)4)16(14)19(20(5,6)7)21(8,17)18/h9-13H,1-8H3. The number of rotatable bonds is 5. The predicted molar refractivity (Wildman–Crippen MR) is 104 cm³/mol. The fourth-order valence-corrected chi connectivity index (χ4v) is 14.3. The average Bonchev–Trinajstić information content (AvgIpc) is 2.24. The SMILES string of the molecule is CC(C)c1cccc(C(C)C)c1N([Si](C)(C)C)[Si](C)(Cl)Cl. The van der Waals surface area contributed by atoms with Crippen LogP contribution in [0.4, 0.5) is 5.69 Å². The summed E-state index contributed by atoms with van der Waals surface area (Å²) in [5.74, 6) is 0.921. The van der Waals surface area contributed by atoms with Crippen molar-refractivity contribution in [3.63, 3.8) is 0 Å². The van der Waals surface area contributed by atoms with Crippen LogP contribution in [-0.4, -0.2) is 15.1 Å². The first-order valence-corrected chi connectivity index (χ1v) is 15.6. The van der Waals surface area contributed by atoms with Crippen molar-refractivity contribution < 1.29 is 0 Å². The smallest absolute Gasteiger partial charge is 0.341 e. The summed E-state index contributed by atoms with van der Waals surface area (Å²) in [5.41, 5.74) is 4.04. The molecule has 0 unspecified atom stereocenters. The van der Waals surface area contributed by atoms with E-state index in [1.165, 1.54) is 16.8 Å². The molecular formula is C16H29Cl2NSi2. The van der Waals surface area contributed by atoms with E-state index in [0.29, 0.717) is 11.8 Å². The molecule has 120 valence electrons. The van der Waals surface area contributed by atoms with E-state index in [2.05, 4.69) is 69.8 Å². The molecule has 0 heterocycles. The molecule has 0 spiro atoms. The molecule has 0 aromatic heterocycles. The van der Waals surface area contributed by atoms with Gasteiger partial charge in [0.15, 0.2) is 0 Å². The zero-order valence-corrected chi connectivity index (χ0v) is 18.1. The minimum absolute atomic E-state index is 0.460. The van der Waals surface area contributed by atoms with Crippen LogP contribution in [0.25, 0.3) is 0 Å². The summed E-state index contributed by atoms with van der Waals surface area (Å²) in [6.07, 6.45) is 0. The van der Waals surface area contributed by atoms with Crippen LogP contribution in [0.1, 0.15) is 50.7 Å². The van der Waals surface area contributed by atoms with Gasteiger partial charge in [-0.3, -0.25) is 0 Å². The van der Waals surface area contributed by atoms with Crippen LogP contribution in [0.2, 0.25) is 26.2 Å². The van der Waals surface area contributed by atoms with Gasteiger partial charge in [-0.2, -0.15) is 0 Å². The Morgan fingerprint density at radius 1 is 0.857 bits per heavy atom. The molecule has 1 rings (SSSR count). The molecule has 21 heavy (non-hydrogen) atoms. The summed E-state index contributed by atoms with van der Waals surface area (Å²) in [5, 5.41) is 0. The van der Waals surface area contributed by atoms with E-state index < -0.39 is 15.1 Å². The number of halogens is 2. The van der Waals surface area contributed by atoms with Crippen molar-refractivity contribution in [3.05, 3.63) is 29.3 Å².